The molecule has 1 aliphatic rings. The SMILES string of the molecule is O=C(O)C(CCc1ccccc1)CC(O)c1ccc2c3c(oc2c1)CCCC3. The van der Waals surface area contributed by atoms with Crippen molar-refractivity contribution in [3.8, 4) is 0 Å². The Labute approximate surface area is 164 Å². The van der Waals surface area contributed by atoms with Crippen LogP contribution in [0.4, 0.5) is 0 Å². The van der Waals surface area contributed by atoms with Crippen LogP contribution in [0.1, 0.15) is 54.2 Å². The van der Waals surface area contributed by atoms with Crippen LogP contribution in [-0.2, 0) is 24.1 Å². The number of carboxylic acids is 1. The molecule has 0 saturated carbocycles. The number of benzene rings is 2. The van der Waals surface area contributed by atoms with Crippen LogP contribution in [0.2, 0.25) is 0 Å². The van der Waals surface area contributed by atoms with E-state index in [-0.39, 0.29) is 6.42 Å². The molecule has 0 saturated heterocycles. The summed E-state index contributed by atoms with van der Waals surface area (Å²) in [5.41, 5.74) is 3.95. The average Bonchev–Trinajstić information content (AvgIpc) is 3.09. The van der Waals surface area contributed by atoms with Crippen molar-refractivity contribution in [1.29, 1.82) is 0 Å². The first kappa shape index (κ1) is 18.8. The Morgan fingerprint density at radius 1 is 1.07 bits per heavy atom. The fourth-order valence-electron chi connectivity index (χ4n) is 4.22. The van der Waals surface area contributed by atoms with Gasteiger partial charge in [0.1, 0.15) is 11.3 Å². The van der Waals surface area contributed by atoms with Gasteiger partial charge in [0, 0.05) is 17.4 Å². The van der Waals surface area contributed by atoms with Crippen LogP contribution < -0.4 is 0 Å². The number of furan rings is 1. The second kappa shape index (κ2) is 8.19. The number of aliphatic carboxylic acids is 1. The topological polar surface area (TPSA) is 70.7 Å². The average molecular weight is 378 g/mol. The number of carboxylic acid groups (broad SMARTS) is 1. The molecule has 146 valence electrons. The molecule has 2 N–H and O–H groups in total. The van der Waals surface area contributed by atoms with Gasteiger partial charge in [-0.25, -0.2) is 0 Å². The van der Waals surface area contributed by atoms with Gasteiger partial charge in [-0.2, -0.15) is 0 Å². The molecule has 0 radical (unpaired) electrons. The minimum Gasteiger partial charge on any atom is -0.481 e. The summed E-state index contributed by atoms with van der Waals surface area (Å²) in [6, 6.07) is 15.7. The van der Waals surface area contributed by atoms with E-state index in [4.69, 9.17) is 4.42 Å². The van der Waals surface area contributed by atoms with Gasteiger partial charge in [0.15, 0.2) is 0 Å². The Hall–Kier alpha value is -2.59. The van der Waals surface area contributed by atoms with Crippen LogP contribution in [0.3, 0.4) is 0 Å². The molecule has 0 bridgehead atoms. The smallest absolute Gasteiger partial charge is 0.306 e. The zero-order chi connectivity index (χ0) is 19.5. The van der Waals surface area contributed by atoms with Crippen LogP contribution in [0.25, 0.3) is 11.0 Å². The first-order valence-electron chi connectivity index (χ1n) is 10.1. The van der Waals surface area contributed by atoms with Gasteiger partial charge in [0.2, 0.25) is 0 Å². The van der Waals surface area contributed by atoms with E-state index in [2.05, 4.69) is 0 Å². The Balaban J connectivity index is 1.47. The Morgan fingerprint density at radius 3 is 2.64 bits per heavy atom. The van der Waals surface area contributed by atoms with E-state index in [0.717, 1.165) is 47.1 Å². The van der Waals surface area contributed by atoms with Gasteiger partial charge in [0.25, 0.3) is 0 Å². The third-order valence-electron chi connectivity index (χ3n) is 5.85. The molecule has 1 aliphatic carbocycles. The molecular formula is C24H26O4. The van der Waals surface area contributed by atoms with E-state index in [9.17, 15) is 15.0 Å². The molecule has 2 aromatic carbocycles. The van der Waals surface area contributed by atoms with Gasteiger partial charge in [-0.15, -0.1) is 0 Å². The number of fused-ring (bicyclic) bond motifs is 3. The zero-order valence-electron chi connectivity index (χ0n) is 15.9. The molecule has 4 nitrogen and oxygen atoms in total. The molecule has 2 unspecified atom stereocenters. The number of aliphatic hydroxyl groups is 1. The summed E-state index contributed by atoms with van der Waals surface area (Å²) in [5.74, 6) is -0.376. The van der Waals surface area contributed by atoms with Gasteiger partial charge in [-0.3, -0.25) is 4.79 Å². The summed E-state index contributed by atoms with van der Waals surface area (Å²) in [7, 11) is 0. The number of aliphatic hydroxyl groups excluding tert-OH is 1. The number of carbonyl (C=O) groups is 1. The second-order valence-corrected chi connectivity index (χ2v) is 7.78. The van der Waals surface area contributed by atoms with Crippen LogP contribution >= 0.6 is 0 Å². The predicted octanol–water partition coefficient (Wildman–Crippen LogP) is 5.07. The molecule has 2 atom stereocenters. The van der Waals surface area contributed by atoms with Crippen molar-refractivity contribution in [2.75, 3.05) is 0 Å². The first-order valence-corrected chi connectivity index (χ1v) is 10.1. The van der Waals surface area contributed by atoms with Crippen molar-refractivity contribution in [3.63, 3.8) is 0 Å². The summed E-state index contributed by atoms with van der Waals surface area (Å²) in [6.07, 6.45) is 4.95. The standard InChI is InChI=1S/C24H26O4/c25-21(14-18(24(26)27)11-10-16-6-2-1-3-7-16)17-12-13-20-19-8-4-5-9-22(19)28-23(20)15-17/h1-3,6-7,12-13,15,18,21,25H,4-5,8-11,14H2,(H,26,27). The van der Waals surface area contributed by atoms with Crippen molar-refractivity contribution < 1.29 is 19.4 Å². The van der Waals surface area contributed by atoms with E-state index < -0.39 is 18.0 Å². The molecule has 3 aromatic rings. The Bertz CT molecular complexity index is 957. The Morgan fingerprint density at radius 2 is 1.86 bits per heavy atom. The van der Waals surface area contributed by atoms with Crippen molar-refractivity contribution >= 4 is 16.9 Å². The molecule has 0 aliphatic heterocycles. The summed E-state index contributed by atoms with van der Waals surface area (Å²) in [4.78, 5) is 11.7. The second-order valence-electron chi connectivity index (χ2n) is 7.78. The van der Waals surface area contributed by atoms with E-state index in [1.54, 1.807) is 0 Å². The number of hydrogen-bond donors (Lipinski definition) is 2. The summed E-state index contributed by atoms with van der Waals surface area (Å²) >= 11 is 0. The zero-order valence-corrected chi connectivity index (χ0v) is 15.9. The van der Waals surface area contributed by atoms with Gasteiger partial charge in [0.05, 0.1) is 12.0 Å². The number of hydrogen-bond acceptors (Lipinski definition) is 3. The van der Waals surface area contributed by atoms with Crippen LogP contribution in [0.5, 0.6) is 0 Å². The molecule has 0 fully saturated rings. The van der Waals surface area contributed by atoms with Crippen molar-refractivity contribution in [2.24, 2.45) is 5.92 Å². The third kappa shape index (κ3) is 3.97. The summed E-state index contributed by atoms with van der Waals surface area (Å²) in [6.45, 7) is 0. The monoisotopic (exact) mass is 378 g/mol. The fourth-order valence-corrected chi connectivity index (χ4v) is 4.22. The number of rotatable bonds is 7. The lowest BCUT2D eigenvalue weighted by Crippen LogP contribution is -2.18. The van der Waals surface area contributed by atoms with Crippen molar-refractivity contribution in [2.45, 2.75) is 51.0 Å². The third-order valence-corrected chi connectivity index (χ3v) is 5.85. The first-order chi connectivity index (χ1) is 13.6. The van der Waals surface area contributed by atoms with Gasteiger partial charge in [-0.1, -0.05) is 42.5 Å². The molecular weight excluding hydrogens is 352 g/mol. The van der Waals surface area contributed by atoms with Crippen LogP contribution in [-0.4, -0.2) is 16.2 Å². The lowest BCUT2D eigenvalue weighted by molar-refractivity contribution is -0.143. The summed E-state index contributed by atoms with van der Waals surface area (Å²) < 4.78 is 6.01. The maximum absolute atomic E-state index is 11.7. The summed E-state index contributed by atoms with van der Waals surface area (Å²) in [5, 5.41) is 21.4. The maximum atomic E-state index is 11.7. The van der Waals surface area contributed by atoms with E-state index >= 15 is 0 Å². The van der Waals surface area contributed by atoms with Gasteiger partial charge in [-0.05, 0) is 55.7 Å². The van der Waals surface area contributed by atoms with Gasteiger partial charge < -0.3 is 14.6 Å². The maximum Gasteiger partial charge on any atom is 0.306 e. The van der Waals surface area contributed by atoms with Crippen LogP contribution in [0.15, 0.2) is 52.9 Å². The highest BCUT2D eigenvalue weighted by molar-refractivity contribution is 5.83. The lowest BCUT2D eigenvalue weighted by Gasteiger charge is -2.17. The van der Waals surface area contributed by atoms with Crippen molar-refractivity contribution in [1.82, 2.24) is 0 Å². The number of aryl methyl sites for hydroxylation is 3. The van der Waals surface area contributed by atoms with E-state index in [1.807, 2.05) is 48.5 Å². The molecule has 4 heteroatoms. The largest absolute Gasteiger partial charge is 0.481 e. The quantitative estimate of drug-likeness (QED) is 0.602. The molecule has 1 aromatic heterocycles. The van der Waals surface area contributed by atoms with Crippen molar-refractivity contribution in [3.05, 3.63) is 71.0 Å². The molecule has 4 rings (SSSR count). The van der Waals surface area contributed by atoms with Gasteiger partial charge >= 0.3 is 5.97 Å². The molecule has 0 spiro atoms. The Kier molecular flexibility index (Phi) is 5.49. The van der Waals surface area contributed by atoms with Crippen LogP contribution in [0, 0.1) is 5.92 Å². The van der Waals surface area contributed by atoms with E-state index in [0.29, 0.717) is 12.8 Å². The predicted molar refractivity (Wildman–Crippen MR) is 108 cm³/mol. The molecule has 1 heterocycles. The highest BCUT2D eigenvalue weighted by Gasteiger charge is 2.24. The fraction of sp³-hybridized carbons (Fsp3) is 0.375. The molecule has 28 heavy (non-hydrogen) atoms. The molecule has 0 amide bonds. The minimum absolute atomic E-state index is 0.202. The minimum atomic E-state index is -0.857. The highest BCUT2D eigenvalue weighted by Crippen LogP contribution is 2.34. The highest BCUT2D eigenvalue weighted by atomic mass is 16.4. The van der Waals surface area contributed by atoms with E-state index in [1.165, 1.54) is 12.0 Å². The lowest BCUT2D eigenvalue weighted by atomic mass is 9.91. The normalized spacial score (nSPS) is 15.9.